The highest BCUT2D eigenvalue weighted by molar-refractivity contribution is 9.10. The molecule has 5 nitrogen and oxygen atoms in total. The van der Waals surface area contributed by atoms with Gasteiger partial charge in [0.1, 0.15) is 15.9 Å². The second-order valence-corrected chi connectivity index (χ2v) is 8.12. The lowest BCUT2D eigenvalue weighted by Crippen LogP contribution is -2.23. The Balaban J connectivity index is 1.90. The number of benzene rings is 1. The third kappa shape index (κ3) is 2.77. The Bertz CT molecular complexity index is 857. The van der Waals surface area contributed by atoms with E-state index >= 15 is 0 Å². The lowest BCUT2D eigenvalue weighted by molar-refractivity contribution is 0.582. The van der Waals surface area contributed by atoms with Gasteiger partial charge in [0, 0.05) is 21.3 Å². The van der Waals surface area contributed by atoms with Gasteiger partial charge in [0.2, 0.25) is 10.0 Å². The molecule has 20 heavy (non-hydrogen) atoms. The molecule has 0 fully saturated rings. The fourth-order valence-corrected chi connectivity index (χ4v) is 4.94. The van der Waals surface area contributed by atoms with Gasteiger partial charge < -0.3 is 0 Å². The summed E-state index contributed by atoms with van der Waals surface area (Å²) in [5.41, 5.74) is 1.01. The smallest absolute Gasteiger partial charge is 0.207 e. The van der Waals surface area contributed by atoms with Gasteiger partial charge in [-0.1, -0.05) is 6.07 Å². The Morgan fingerprint density at radius 1 is 1.30 bits per heavy atom. The van der Waals surface area contributed by atoms with E-state index in [-0.39, 0.29) is 11.4 Å². The second-order valence-electron chi connectivity index (χ2n) is 3.94. The van der Waals surface area contributed by atoms with Crippen molar-refractivity contribution in [3.8, 4) is 0 Å². The molecular weight excluding hydrogens is 382 g/mol. The molecule has 1 aromatic carbocycles. The second kappa shape index (κ2) is 5.49. The normalized spacial score (nSPS) is 12.1. The van der Waals surface area contributed by atoms with Crippen molar-refractivity contribution in [1.29, 1.82) is 0 Å². The zero-order chi connectivity index (χ0) is 14.2. The van der Waals surface area contributed by atoms with E-state index < -0.39 is 10.0 Å². The molecule has 0 aliphatic heterocycles. The summed E-state index contributed by atoms with van der Waals surface area (Å²) in [7, 11) is -3.60. The van der Waals surface area contributed by atoms with E-state index in [0.29, 0.717) is 11.0 Å². The predicted octanol–water partition coefficient (Wildman–Crippen LogP) is 2.99. The SMILES string of the molecule is O=S(=O)(NCc1cc(Br)cs1)c1cccc2nsnc12. The van der Waals surface area contributed by atoms with E-state index in [9.17, 15) is 8.42 Å². The van der Waals surface area contributed by atoms with Crippen LogP contribution in [0.5, 0.6) is 0 Å². The molecule has 0 saturated carbocycles. The Morgan fingerprint density at radius 2 is 2.15 bits per heavy atom. The number of thiophene rings is 1. The molecule has 0 spiro atoms. The summed E-state index contributed by atoms with van der Waals surface area (Å²) in [6.07, 6.45) is 0. The van der Waals surface area contributed by atoms with Crippen LogP contribution < -0.4 is 4.72 Å². The molecule has 2 heterocycles. The van der Waals surface area contributed by atoms with Gasteiger partial charge in [-0.15, -0.1) is 11.3 Å². The summed E-state index contributed by atoms with van der Waals surface area (Å²) in [5.74, 6) is 0. The lowest BCUT2D eigenvalue weighted by Gasteiger charge is -2.05. The highest BCUT2D eigenvalue weighted by Gasteiger charge is 2.19. The van der Waals surface area contributed by atoms with Crippen molar-refractivity contribution >= 4 is 60.1 Å². The molecule has 1 N–H and O–H groups in total. The quantitative estimate of drug-likeness (QED) is 0.744. The molecule has 0 unspecified atom stereocenters. The van der Waals surface area contributed by atoms with Gasteiger partial charge in [-0.3, -0.25) is 0 Å². The van der Waals surface area contributed by atoms with Gasteiger partial charge >= 0.3 is 0 Å². The van der Waals surface area contributed by atoms with E-state index in [2.05, 4.69) is 29.4 Å². The third-order valence-electron chi connectivity index (χ3n) is 2.60. The van der Waals surface area contributed by atoms with Crippen molar-refractivity contribution in [3.63, 3.8) is 0 Å². The van der Waals surface area contributed by atoms with Gasteiger partial charge in [-0.05, 0) is 34.1 Å². The Hall–Kier alpha value is -0.870. The van der Waals surface area contributed by atoms with Crippen molar-refractivity contribution in [1.82, 2.24) is 13.5 Å². The maximum atomic E-state index is 12.3. The summed E-state index contributed by atoms with van der Waals surface area (Å²) in [4.78, 5) is 1.10. The van der Waals surface area contributed by atoms with Crippen molar-refractivity contribution in [3.05, 3.63) is 39.0 Å². The van der Waals surface area contributed by atoms with E-state index in [1.54, 1.807) is 12.1 Å². The number of hydrogen-bond donors (Lipinski definition) is 1. The summed E-state index contributed by atoms with van der Waals surface area (Å²) in [6, 6.07) is 6.84. The predicted molar refractivity (Wildman–Crippen MR) is 83.5 cm³/mol. The van der Waals surface area contributed by atoms with Crippen LogP contribution in [0.2, 0.25) is 0 Å². The lowest BCUT2D eigenvalue weighted by atomic mass is 10.3. The van der Waals surface area contributed by atoms with E-state index in [1.165, 1.54) is 17.4 Å². The molecule has 104 valence electrons. The summed E-state index contributed by atoms with van der Waals surface area (Å²) < 4.78 is 36.3. The van der Waals surface area contributed by atoms with Gasteiger partial charge in [0.15, 0.2) is 0 Å². The number of aromatic nitrogens is 2. The summed E-state index contributed by atoms with van der Waals surface area (Å²) in [6.45, 7) is 0.257. The first-order valence-corrected chi connectivity index (χ1v) is 9.39. The topological polar surface area (TPSA) is 72.0 Å². The summed E-state index contributed by atoms with van der Waals surface area (Å²) in [5, 5.41) is 1.91. The van der Waals surface area contributed by atoms with Gasteiger partial charge in [-0.2, -0.15) is 8.75 Å². The van der Waals surface area contributed by atoms with Crippen molar-refractivity contribution in [2.45, 2.75) is 11.4 Å². The van der Waals surface area contributed by atoms with Crippen molar-refractivity contribution in [2.75, 3.05) is 0 Å². The molecule has 0 atom stereocenters. The first-order valence-electron chi connectivity index (χ1n) is 5.50. The van der Waals surface area contributed by atoms with Crippen LogP contribution in [0.3, 0.4) is 0 Å². The van der Waals surface area contributed by atoms with E-state index in [0.717, 1.165) is 21.1 Å². The molecule has 0 amide bonds. The molecule has 2 aromatic heterocycles. The summed E-state index contributed by atoms with van der Waals surface area (Å²) >= 11 is 5.84. The van der Waals surface area contributed by atoms with Crippen LogP contribution in [0, 0.1) is 0 Å². The van der Waals surface area contributed by atoms with Crippen LogP contribution in [0.1, 0.15) is 4.88 Å². The zero-order valence-electron chi connectivity index (χ0n) is 9.91. The zero-order valence-corrected chi connectivity index (χ0v) is 13.9. The standard InChI is InChI=1S/C11H8BrN3O2S3/c12-7-4-8(18-6-7)5-13-20(16,17)10-3-1-2-9-11(10)15-19-14-9/h1-4,6,13H,5H2. The molecule has 0 radical (unpaired) electrons. The minimum Gasteiger partial charge on any atom is -0.207 e. The number of sulfonamides is 1. The number of halogens is 1. The maximum absolute atomic E-state index is 12.3. The fraction of sp³-hybridized carbons (Fsp3) is 0.0909. The van der Waals surface area contributed by atoms with Crippen LogP contribution in [0.15, 0.2) is 39.0 Å². The first-order chi connectivity index (χ1) is 9.56. The van der Waals surface area contributed by atoms with Crippen LogP contribution in [-0.2, 0) is 16.6 Å². The van der Waals surface area contributed by atoms with E-state index in [4.69, 9.17) is 0 Å². The Labute approximate surface area is 132 Å². The van der Waals surface area contributed by atoms with Crippen LogP contribution in [0.25, 0.3) is 11.0 Å². The molecular formula is C11H8BrN3O2S3. The van der Waals surface area contributed by atoms with Crippen molar-refractivity contribution in [2.24, 2.45) is 0 Å². The highest BCUT2D eigenvalue weighted by Crippen LogP contribution is 2.23. The van der Waals surface area contributed by atoms with Crippen LogP contribution in [-0.4, -0.2) is 17.2 Å². The van der Waals surface area contributed by atoms with Gasteiger partial charge in [-0.25, -0.2) is 13.1 Å². The first kappa shape index (κ1) is 14.1. The Kier molecular flexibility index (Phi) is 3.87. The van der Waals surface area contributed by atoms with Crippen LogP contribution >= 0.6 is 39.0 Å². The minimum atomic E-state index is -3.60. The number of hydrogen-bond acceptors (Lipinski definition) is 6. The van der Waals surface area contributed by atoms with Crippen molar-refractivity contribution < 1.29 is 8.42 Å². The third-order valence-corrected chi connectivity index (χ3v) is 6.27. The molecule has 0 bridgehead atoms. The molecule has 3 rings (SSSR count). The number of rotatable bonds is 4. The Morgan fingerprint density at radius 3 is 2.90 bits per heavy atom. The number of nitrogens with one attached hydrogen (secondary N) is 1. The maximum Gasteiger partial charge on any atom is 0.243 e. The number of fused-ring (bicyclic) bond motifs is 1. The fourth-order valence-electron chi connectivity index (χ4n) is 1.69. The molecule has 0 aliphatic carbocycles. The molecule has 9 heteroatoms. The number of nitrogens with zero attached hydrogens (tertiary/aromatic N) is 2. The monoisotopic (exact) mass is 389 g/mol. The van der Waals surface area contributed by atoms with Gasteiger partial charge in [0.25, 0.3) is 0 Å². The molecule has 0 aliphatic rings. The van der Waals surface area contributed by atoms with Crippen LogP contribution in [0.4, 0.5) is 0 Å². The highest BCUT2D eigenvalue weighted by atomic mass is 79.9. The molecule has 3 aromatic rings. The van der Waals surface area contributed by atoms with E-state index in [1.807, 2.05) is 11.4 Å². The van der Waals surface area contributed by atoms with Gasteiger partial charge in [0.05, 0.1) is 11.7 Å². The minimum absolute atomic E-state index is 0.166. The molecule has 0 saturated heterocycles. The average molecular weight is 390 g/mol. The largest absolute Gasteiger partial charge is 0.243 e. The average Bonchev–Trinajstić information content (AvgIpc) is 3.04.